The summed E-state index contributed by atoms with van der Waals surface area (Å²) in [5, 5.41) is 33.6. The minimum atomic E-state index is -1.15. The molecule has 0 spiro atoms. The quantitative estimate of drug-likeness (QED) is 0.0365. The van der Waals surface area contributed by atoms with Crippen molar-refractivity contribution in [2.75, 3.05) is 6.61 Å². The number of aliphatic hydroxyl groups excluding tert-OH is 3. The fraction of sp³-hybridized carbons (Fsp3) is 0.941. The van der Waals surface area contributed by atoms with Gasteiger partial charge in [-0.25, -0.2) is 0 Å². The molecule has 0 rings (SSSR count). The maximum absolute atomic E-state index is 12.5. The number of allylic oxidation sites excluding steroid dienone is 2. The van der Waals surface area contributed by atoms with Gasteiger partial charge in [-0.15, -0.1) is 0 Å². The van der Waals surface area contributed by atoms with Crippen LogP contribution in [-0.2, 0) is 4.79 Å². The topological polar surface area (TPSA) is 89.8 Å². The molecule has 4 N–H and O–H groups in total. The monoisotopic (exact) mass is 792 g/mol. The third kappa shape index (κ3) is 41.3. The van der Waals surface area contributed by atoms with Crippen LogP contribution < -0.4 is 5.32 Å². The Balaban J connectivity index is 3.56. The van der Waals surface area contributed by atoms with E-state index >= 15 is 0 Å². The average Bonchev–Trinajstić information content (AvgIpc) is 3.20. The molecule has 3 unspecified atom stereocenters. The smallest absolute Gasteiger partial charge is 0.220 e. The molecule has 0 heterocycles. The van der Waals surface area contributed by atoms with E-state index in [2.05, 4.69) is 31.3 Å². The van der Waals surface area contributed by atoms with Crippen molar-refractivity contribution >= 4 is 5.91 Å². The van der Waals surface area contributed by atoms with Crippen LogP contribution in [0.3, 0.4) is 0 Å². The molecule has 0 aromatic carbocycles. The highest BCUT2D eigenvalue weighted by Crippen LogP contribution is 2.17. The zero-order chi connectivity index (χ0) is 40.8. The Morgan fingerprint density at radius 3 is 1.04 bits per heavy atom. The number of unbranched alkanes of at least 4 members (excludes halogenated alkanes) is 37. The van der Waals surface area contributed by atoms with E-state index in [9.17, 15) is 20.1 Å². The number of carbonyl (C=O) groups is 1. The van der Waals surface area contributed by atoms with Gasteiger partial charge in [-0.3, -0.25) is 4.79 Å². The van der Waals surface area contributed by atoms with E-state index < -0.39 is 18.2 Å². The van der Waals surface area contributed by atoms with Crippen molar-refractivity contribution in [1.82, 2.24) is 5.32 Å². The molecule has 0 bridgehead atoms. The Hall–Kier alpha value is -0.910. The van der Waals surface area contributed by atoms with Gasteiger partial charge in [0, 0.05) is 6.42 Å². The van der Waals surface area contributed by atoms with E-state index in [4.69, 9.17) is 0 Å². The zero-order valence-electron chi connectivity index (χ0n) is 38.0. The van der Waals surface area contributed by atoms with E-state index in [1.807, 2.05) is 0 Å². The first-order valence-electron chi connectivity index (χ1n) is 25.5. The van der Waals surface area contributed by atoms with Gasteiger partial charge in [0.15, 0.2) is 0 Å². The lowest BCUT2D eigenvalue weighted by atomic mass is 10.0. The minimum Gasteiger partial charge on any atom is -0.394 e. The van der Waals surface area contributed by atoms with Crippen LogP contribution in [0, 0.1) is 0 Å². The fourth-order valence-corrected chi connectivity index (χ4v) is 8.17. The van der Waals surface area contributed by atoms with Crippen molar-refractivity contribution in [1.29, 1.82) is 0 Å². The summed E-state index contributed by atoms with van der Waals surface area (Å²) < 4.78 is 0. The molecule has 56 heavy (non-hydrogen) atoms. The molecule has 0 fully saturated rings. The lowest BCUT2D eigenvalue weighted by Crippen LogP contribution is -2.50. The third-order valence-corrected chi connectivity index (χ3v) is 12.1. The highest BCUT2D eigenvalue weighted by molar-refractivity contribution is 5.76. The van der Waals surface area contributed by atoms with Gasteiger partial charge in [-0.05, 0) is 38.5 Å². The summed E-state index contributed by atoms with van der Waals surface area (Å²) in [5.74, 6) is -0.148. The first-order chi connectivity index (χ1) is 27.6. The molecule has 0 aromatic heterocycles. The molecule has 3 atom stereocenters. The number of hydrogen-bond donors (Lipinski definition) is 4. The van der Waals surface area contributed by atoms with Crippen LogP contribution in [-0.4, -0.2) is 46.1 Å². The largest absolute Gasteiger partial charge is 0.394 e. The summed E-state index contributed by atoms with van der Waals surface area (Å²) >= 11 is 0. The van der Waals surface area contributed by atoms with Gasteiger partial charge in [0.1, 0.15) is 6.10 Å². The molecule has 0 aliphatic heterocycles. The molecular weight excluding hydrogens is 691 g/mol. The summed E-state index contributed by atoms with van der Waals surface area (Å²) in [5.41, 5.74) is 0. The summed E-state index contributed by atoms with van der Waals surface area (Å²) in [6.45, 7) is 4.20. The Kier molecular flexibility index (Phi) is 46.0. The van der Waals surface area contributed by atoms with E-state index in [0.717, 1.165) is 38.5 Å². The second-order valence-electron chi connectivity index (χ2n) is 17.7. The summed E-state index contributed by atoms with van der Waals surface area (Å²) in [6.07, 6.45) is 56.3. The summed E-state index contributed by atoms with van der Waals surface area (Å²) in [7, 11) is 0. The van der Waals surface area contributed by atoms with Crippen molar-refractivity contribution in [3.8, 4) is 0 Å². The number of nitrogens with one attached hydrogen (secondary N) is 1. The number of rotatable bonds is 47. The number of carbonyl (C=O) groups excluding carboxylic acids is 1. The maximum Gasteiger partial charge on any atom is 0.220 e. The van der Waals surface area contributed by atoms with E-state index in [1.165, 1.54) is 218 Å². The van der Waals surface area contributed by atoms with Gasteiger partial charge in [0.2, 0.25) is 5.91 Å². The van der Waals surface area contributed by atoms with Gasteiger partial charge < -0.3 is 20.6 Å². The van der Waals surface area contributed by atoms with Gasteiger partial charge in [-0.1, -0.05) is 251 Å². The highest BCUT2D eigenvalue weighted by Gasteiger charge is 2.26. The summed E-state index contributed by atoms with van der Waals surface area (Å²) in [6, 6.07) is -0.821. The predicted octanol–water partition coefficient (Wildman–Crippen LogP) is 15.2. The van der Waals surface area contributed by atoms with Crippen LogP contribution in [0.1, 0.15) is 284 Å². The molecular formula is C51H101NO4. The average molecular weight is 792 g/mol. The molecule has 0 saturated carbocycles. The molecule has 0 aliphatic carbocycles. The lowest BCUT2D eigenvalue weighted by Gasteiger charge is -2.26. The first kappa shape index (κ1) is 55.1. The van der Waals surface area contributed by atoms with Gasteiger partial charge in [-0.2, -0.15) is 0 Å². The van der Waals surface area contributed by atoms with Gasteiger partial charge in [0.25, 0.3) is 0 Å². The summed E-state index contributed by atoms with van der Waals surface area (Å²) in [4.78, 5) is 12.5. The van der Waals surface area contributed by atoms with Crippen molar-refractivity contribution in [3.63, 3.8) is 0 Å². The predicted molar refractivity (Wildman–Crippen MR) is 245 cm³/mol. The molecule has 0 aromatic rings. The number of hydrogen-bond acceptors (Lipinski definition) is 4. The van der Waals surface area contributed by atoms with Gasteiger partial charge >= 0.3 is 0 Å². The van der Waals surface area contributed by atoms with Crippen molar-refractivity contribution < 1.29 is 20.1 Å². The lowest BCUT2D eigenvalue weighted by molar-refractivity contribution is -0.124. The number of aliphatic hydroxyl groups is 3. The van der Waals surface area contributed by atoms with Crippen LogP contribution in [0.4, 0.5) is 0 Å². The normalized spacial score (nSPS) is 13.4. The second kappa shape index (κ2) is 46.8. The van der Waals surface area contributed by atoms with Crippen LogP contribution in [0.5, 0.6) is 0 Å². The molecule has 0 radical (unpaired) electrons. The highest BCUT2D eigenvalue weighted by atomic mass is 16.3. The third-order valence-electron chi connectivity index (χ3n) is 12.1. The van der Waals surface area contributed by atoms with E-state index in [-0.39, 0.29) is 12.5 Å². The number of amides is 1. The minimum absolute atomic E-state index is 0.148. The Bertz CT molecular complexity index is 788. The Morgan fingerprint density at radius 2 is 0.714 bits per heavy atom. The first-order valence-corrected chi connectivity index (χ1v) is 25.5. The van der Waals surface area contributed by atoms with Gasteiger partial charge in [0.05, 0.1) is 18.8 Å². The molecule has 334 valence electrons. The van der Waals surface area contributed by atoms with E-state index in [1.54, 1.807) is 0 Å². The maximum atomic E-state index is 12.5. The fourth-order valence-electron chi connectivity index (χ4n) is 8.17. The standard InChI is InChI=1S/C51H101NO4/c1-3-5-7-9-11-13-15-17-19-21-23-24-25-26-27-28-30-32-34-36-38-40-42-44-46-50(55)52-48(47-53)51(56)49(54)45-43-41-39-37-35-33-31-29-22-20-18-16-14-12-10-8-6-4-2/h37,39,48-49,51,53-54,56H,3-36,38,40-47H2,1-2H3,(H,52,55)/b39-37+. The van der Waals surface area contributed by atoms with Crippen LogP contribution in [0.2, 0.25) is 0 Å². The second-order valence-corrected chi connectivity index (χ2v) is 17.7. The van der Waals surface area contributed by atoms with Crippen LogP contribution >= 0.6 is 0 Å². The Labute approximate surface area is 350 Å². The zero-order valence-corrected chi connectivity index (χ0v) is 38.0. The van der Waals surface area contributed by atoms with Crippen molar-refractivity contribution in [3.05, 3.63) is 12.2 Å². The molecule has 0 aliphatic rings. The molecule has 1 amide bonds. The Morgan fingerprint density at radius 1 is 0.429 bits per heavy atom. The van der Waals surface area contributed by atoms with Crippen LogP contribution in [0.25, 0.3) is 0 Å². The molecule has 0 saturated heterocycles. The van der Waals surface area contributed by atoms with Crippen molar-refractivity contribution in [2.45, 2.75) is 302 Å². The van der Waals surface area contributed by atoms with Crippen LogP contribution in [0.15, 0.2) is 12.2 Å². The molecule has 5 heteroatoms. The molecule has 5 nitrogen and oxygen atoms in total. The van der Waals surface area contributed by atoms with Crippen molar-refractivity contribution in [2.24, 2.45) is 0 Å². The van der Waals surface area contributed by atoms with E-state index in [0.29, 0.717) is 12.8 Å². The SMILES string of the molecule is CCCCCCCCCCCCCCC/C=C/CCCC(O)C(O)C(CO)NC(=O)CCCCCCCCCCCCCCCCCCCCCCCCCC.